The third kappa shape index (κ3) is 6.27. The number of esters is 1. The first-order valence-electron chi connectivity index (χ1n) is 5.77. The summed E-state index contributed by atoms with van der Waals surface area (Å²) < 4.78 is 13.6. The molecule has 2 heterocycles. The van der Waals surface area contributed by atoms with Crippen molar-refractivity contribution in [1.29, 1.82) is 0 Å². The van der Waals surface area contributed by atoms with Gasteiger partial charge in [0.2, 0.25) is 11.8 Å². The normalized spacial score (nSPS) is 9.67. The van der Waals surface area contributed by atoms with E-state index < -0.39 is 5.97 Å². The lowest BCUT2D eigenvalue weighted by Crippen LogP contribution is -2.04. The summed E-state index contributed by atoms with van der Waals surface area (Å²) in [7, 11) is 1.31. The van der Waals surface area contributed by atoms with Gasteiger partial charge in [-0.05, 0) is 13.8 Å². The minimum absolute atomic E-state index is 0.0390. The van der Waals surface area contributed by atoms with Crippen LogP contribution in [0, 0.1) is 13.8 Å². The molecule has 0 aliphatic carbocycles. The van der Waals surface area contributed by atoms with Crippen LogP contribution in [-0.2, 0) is 27.2 Å². The Balaban J connectivity index is 0.000000211. The highest BCUT2D eigenvalue weighted by Crippen LogP contribution is 1.97. The zero-order chi connectivity index (χ0) is 15.8. The highest BCUT2D eigenvalue weighted by Gasteiger charge is 2.08. The van der Waals surface area contributed by atoms with Gasteiger partial charge in [0.05, 0.1) is 7.11 Å². The summed E-state index contributed by atoms with van der Waals surface area (Å²) in [6.07, 6.45) is -0.168. The van der Waals surface area contributed by atoms with E-state index >= 15 is 0 Å². The number of ether oxygens (including phenoxy) is 1. The Labute approximate surface area is 119 Å². The zero-order valence-electron chi connectivity index (χ0n) is 11.7. The predicted octanol–water partition coefficient (Wildman–Crippen LogP) is 0.0986. The van der Waals surface area contributed by atoms with E-state index in [0.717, 1.165) is 0 Å². The first kappa shape index (κ1) is 16.3. The standard InChI is InChI=1S/C6H8N2O3.C5H6N2O3/c1-4-7-5(11-8-4)3-6(9)10-2;1-3-6-4(10-7-3)2-5(8)9/h3H2,1-2H3;2H2,1H3,(H,8,9). The van der Waals surface area contributed by atoms with Crippen molar-refractivity contribution < 1.29 is 28.5 Å². The van der Waals surface area contributed by atoms with Crippen molar-refractivity contribution in [2.75, 3.05) is 7.11 Å². The van der Waals surface area contributed by atoms with Crippen LogP contribution in [0.1, 0.15) is 23.4 Å². The summed E-state index contributed by atoms with van der Waals surface area (Å²) in [6, 6.07) is 0. The Kier molecular flexibility index (Phi) is 5.99. The Morgan fingerprint density at radius 2 is 1.52 bits per heavy atom. The fraction of sp³-hybridized carbons (Fsp3) is 0.455. The molecule has 2 rings (SSSR count). The molecule has 0 bridgehead atoms. The molecule has 114 valence electrons. The van der Waals surface area contributed by atoms with E-state index in [2.05, 4.69) is 34.1 Å². The molecular weight excluding hydrogens is 284 g/mol. The summed E-state index contributed by atoms with van der Waals surface area (Å²) >= 11 is 0. The molecule has 0 aliphatic rings. The van der Waals surface area contributed by atoms with Gasteiger partial charge in [-0.3, -0.25) is 9.59 Å². The number of carboxylic acid groups (broad SMARTS) is 1. The molecule has 0 aromatic carbocycles. The lowest BCUT2D eigenvalue weighted by Gasteiger charge is -1.91. The number of hydrogen-bond donors (Lipinski definition) is 1. The van der Waals surface area contributed by atoms with E-state index in [0.29, 0.717) is 11.6 Å². The maximum Gasteiger partial charge on any atom is 0.315 e. The highest BCUT2D eigenvalue weighted by molar-refractivity contribution is 5.71. The number of aromatic nitrogens is 4. The van der Waals surface area contributed by atoms with Crippen LogP contribution in [0.5, 0.6) is 0 Å². The monoisotopic (exact) mass is 298 g/mol. The smallest absolute Gasteiger partial charge is 0.315 e. The van der Waals surface area contributed by atoms with E-state index in [1.807, 2.05) is 0 Å². The Hall–Kier alpha value is -2.78. The number of aliphatic carboxylic acids is 1. The molecule has 0 atom stereocenters. The van der Waals surface area contributed by atoms with E-state index in [1.165, 1.54) is 7.11 Å². The van der Waals surface area contributed by atoms with Gasteiger partial charge >= 0.3 is 11.9 Å². The lowest BCUT2D eigenvalue weighted by atomic mass is 10.4. The number of carboxylic acids is 1. The van der Waals surface area contributed by atoms with Gasteiger partial charge in [-0.1, -0.05) is 10.3 Å². The zero-order valence-corrected chi connectivity index (χ0v) is 11.7. The van der Waals surface area contributed by atoms with Crippen LogP contribution >= 0.6 is 0 Å². The van der Waals surface area contributed by atoms with Crippen molar-refractivity contribution in [3.05, 3.63) is 23.4 Å². The highest BCUT2D eigenvalue weighted by atomic mass is 16.5. The van der Waals surface area contributed by atoms with Gasteiger partial charge in [0.25, 0.3) is 0 Å². The number of aryl methyl sites for hydroxylation is 2. The number of hydrogen-bond acceptors (Lipinski definition) is 9. The van der Waals surface area contributed by atoms with Crippen molar-refractivity contribution in [3.63, 3.8) is 0 Å². The van der Waals surface area contributed by atoms with Crippen molar-refractivity contribution in [2.24, 2.45) is 0 Å². The topological polar surface area (TPSA) is 141 Å². The SMILES string of the molecule is COC(=O)Cc1nc(C)no1.Cc1noc(CC(=O)O)n1. The second-order valence-electron chi connectivity index (χ2n) is 3.79. The minimum atomic E-state index is -0.969. The van der Waals surface area contributed by atoms with Gasteiger partial charge in [0.15, 0.2) is 11.6 Å². The molecule has 21 heavy (non-hydrogen) atoms. The quantitative estimate of drug-likeness (QED) is 0.772. The average molecular weight is 298 g/mol. The molecule has 10 heteroatoms. The van der Waals surface area contributed by atoms with Gasteiger partial charge in [-0.2, -0.15) is 9.97 Å². The van der Waals surface area contributed by atoms with Gasteiger partial charge in [-0.15, -0.1) is 0 Å². The Morgan fingerprint density at radius 1 is 1.05 bits per heavy atom. The Morgan fingerprint density at radius 3 is 1.86 bits per heavy atom. The number of methoxy groups -OCH3 is 1. The molecule has 0 radical (unpaired) electrons. The van der Waals surface area contributed by atoms with Crippen molar-refractivity contribution in [1.82, 2.24) is 20.3 Å². The first-order chi connectivity index (χ1) is 9.90. The molecule has 1 N–H and O–H groups in total. The van der Waals surface area contributed by atoms with Gasteiger partial charge in [0.1, 0.15) is 12.8 Å². The second-order valence-corrected chi connectivity index (χ2v) is 3.79. The van der Waals surface area contributed by atoms with E-state index in [4.69, 9.17) is 5.11 Å². The number of carbonyl (C=O) groups excluding carboxylic acids is 1. The Bertz CT molecular complexity index is 605. The van der Waals surface area contributed by atoms with Crippen molar-refractivity contribution in [3.8, 4) is 0 Å². The molecule has 0 fully saturated rings. The minimum Gasteiger partial charge on any atom is -0.481 e. The van der Waals surface area contributed by atoms with Gasteiger partial charge in [-0.25, -0.2) is 0 Å². The maximum atomic E-state index is 10.6. The molecule has 2 aromatic heterocycles. The number of nitrogens with zero attached hydrogens (tertiary/aromatic N) is 4. The molecule has 0 saturated carbocycles. The number of carbonyl (C=O) groups is 2. The fourth-order valence-electron chi connectivity index (χ4n) is 1.15. The van der Waals surface area contributed by atoms with Crippen LogP contribution in [0.2, 0.25) is 0 Å². The first-order valence-corrected chi connectivity index (χ1v) is 5.77. The molecule has 10 nitrogen and oxygen atoms in total. The summed E-state index contributed by atoms with van der Waals surface area (Å²) in [5.41, 5.74) is 0. The van der Waals surface area contributed by atoms with E-state index in [9.17, 15) is 9.59 Å². The average Bonchev–Trinajstić information content (AvgIpc) is 2.98. The lowest BCUT2D eigenvalue weighted by molar-refractivity contribution is -0.140. The van der Waals surface area contributed by atoms with Gasteiger partial charge < -0.3 is 18.9 Å². The number of rotatable bonds is 4. The van der Waals surface area contributed by atoms with Crippen LogP contribution in [0.15, 0.2) is 9.05 Å². The molecule has 0 amide bonds. The summed E-state index contributed by atoms with van der Waals surface area (Å²) in [5, 5.41) is 15.2. The van der Waals surface area contributed by atoms with Crippen LogP contribution in [0.25, 0.3) is 0 Å². The molecule has 0 unspecified atom stereocenters. The van der Waals surface area contributed by atoms with Crippen molar-refractivity contribution in [2.45, 2.75) is 26.7 Å². The van der Waals surface area contributed by atoms with Crippen LogP contribution < -0.4 is 0 Å². The molecule has 0 aliphatic heterocycles. The van der Waals surface area contributed by atoms with Crippen molar-refractivity contribution >= 4 is 11.9 Å². The van der Waals surface area contributed by atoms with Crippen LogP contribution in [0.3, 0.4) is 0 Å². The van der Waals surface area contributed by atoms with Crippen LogP contribution in [-0.4, -0.2) is 44.4 Å². The van der Waals surface area contributed by atoms with E-state index in [1.54, 1.807) is 13.8 Å². The van der Waals surface area contributed by atoms with Gasteiger partial charge in [0, 0.05) is 0 Å². The predicted molar refractivity (Wildman–Crippen MR) is 65.1 cm³/mol. The maximum absolute atomic E-state index is 10.6. The fourth-order valence-corrected chi connectivity index (χ4v) is 1.15. The largest absolute Gasteiger partial charge is 0.481 e. The third-order valence-electron chi connectivity index (χ3n) is 1.96. The molecule has 2 aromatic rings. The third-order valence-corrected chi connectivity index (χ3v) is 1.96. The molecule has 0 saturated heterocycles. The summed E-state index contributed by atoms with van der Waals surface area (Å²) in [5.74, 6) is 0.0526. The second kappa shape index (κ2) is 7.72. The molecule has 0 spiro atoms. The van der Waals surface area contributed by atoms with E-state index in [-0.39, 0.29) is 30.6 Å². The summed E-state index contributed by atoms with van der Waals surface area (Å²) in [4.78, 5) is 28.2. The summed E-state index contributed by atoms with van der Waals surface area (Å²) in [6.45, 7) is 3.32. The van der Waals surface area contributed by atoms with Crippen LogP contribution in [0.4, 0.5) is 0 Å². The molecular formula is C11H14N4O6.